The van der Waals surface area contributed by atoms with Crippen LogP contribution >= 0.6 is 11.3 Å². The summed E-state index contributed by atoms with van der Waals surface area (Å²) >= 11 is 1.47. The molecule has 0 atom stereocenters. The highest BCUT2D eigenvalue weighted by Crippen LogP contribution is 2.25. The summed E-state index contributed by atoms with van der Waals surface area (Å²) in [6.07, 6.45) is -4.61. The molecule has 26 heavy (non-hydrogen) atoms. The van der Waals surface area contributed by atoms with Crippen molar-refractivity contribution in [2.45, 2.75) is 13.1 Å². The van der Waals surface area contributed by atoms with Crippen LogP contribution in [0, 0.1) is 6.92 Å². The number of halogens is 3. The molecular weight excluding hydrogens is 367 g/mol. The van der Waals surface area contributed by atoms with Crippen LogP contribution in [-0.2, 0) is 4.79 Å². The van der Waals surface area contributed by atoms with E-state index in [4.69, 9.17) is 0 Å². The summed E-state index contributed by atoms with van der Waals surface area (Å²) in [6, 6.07) is 6.75. The Kier molecular flexibility index (Phi) is 6.01. The van der Waals surface area contributed by atoms with E-state index < -0.39 is 31.1 Å². The number of amides is 2. The fraction of sp³-hybridized carbons (Fsp3) is 0.353. The van der Waals surface area contributed by atoms with Gasteiger partial charge >= 0.3 is 6.18 Å². The van der Waals surface area contributed by atoms with E-state index in [0.717, 1.165) is 9.78 Å². The third-order valence-electron chi connectivity index (χ3n) is 3.57. The summed E-state index contributed by atoms with van der Waals surface area (Å²) in [4.78, 5) is 31.3. The minimum Gasteiger partial charge on any atom is -0.347 e. The molecule has 5 nitrogen and oxygen atoms in total. The smallest absolute Gasteiger partial charge is 0.347 e. The van der Waals surface area contributed by atoms with Gasteiger partial charge in [-0.1, -0.05) is 6.07 Å². The first kappa shape index (κ1) is 19.9. The predicted molar refractivity (Wildman–Crippen MR) is 92.9 cm³/mol. The molecule has 0 saturated heterocycles. The van der Waals surface area contributed by atoms with Crippen molar-refractivity contribution in [3.05, 3.63) is 40.9 Å². The lowest BCUT2D eigenvalue weighted by Gasteiger charge is -2.25. The van der Waals surface area contributed by atoms with Crippen LogP contribution in [0.25, 0.3) is 10.6 Å². The highest BCUT2D eigenvalue weighted by atomic mass is 32.1. The summed E-state index contributed by atoms with van der Waals surface area (Å²) in [5.41, 5.74) is 0.993. The Morgan fingerprint density at radius 2 is 1.88 bits per heavy atom. The zero-order valence-electron chi connectivity index (χ0n) is 14.5. The van der Waals surface area contributed by atoms with Gasteiger partial charge in [-0.3, -0.25) is 14.6 Å². The maximum Gasteiger partial charge on any atom is 0.406 e. The zero-order valence-corrected chi connectivity index (χ0v) is 15.3. The highest BCUT2D eigenvalue weighted by Gasteiger charge is 2.35. The molecule has 2 amide bonds. The summed E-state index contributed by atoms with van der Waals surface area (Å²) in [5.74, 6) is -1.47. The molecule has 9 heteroatoms. The van der Waals surface area contributed by atoms with Gasteiger partial charge in [-0.05, 0) is 30.5 Å². The van der Waals surface area contributed by atoms with E-state index in [0.29, 0.717) is 16.3 Å². The van der Waals surface area contributed by atoms with Crippen LogP contribution in [0.3, 0.4) is 0 Å². The topological polar surface area (TPSA) is 53.5 Å². The third kappa shape index (κ3) is 5.04. The highest BCUT2D eigenvalue weighted by molar-refractivity contribution is 7.13. The Balaban J connectivity index is 2.30. The van der Waals surface area contributed by atoms with Crippen molar-refractivity contribution < 1.29 is 22.8 Å². The molecule has 0 N–H and O–H groups in total. The van der Waals surface area contributed by atoms with Crippen molar-refractivity contribution in [3.63, 3.8) is 0 Å². The number of likely N-dealkylation sites (N-methyl/N-ethyl adjacent to an activating group) is 1. The molecule has 0 unspecified atom stereocenters. The first-order chi connectivity index (χ1) is 12.1. The van der Waals surface area contributed by atoms with Crippen molar-refractivity contribution in [1.82, 2.24) is 14.8 Å². The number of carbonyl (C=O) groups is 2. The van der Waals surface area contributed by atoms with Gasteiger partial charge in [-0.25, -0.2) is 0 Å². The van der Waals surface area contributed by atoms with Crippen molar-refractivity contribution in [3.8, 4) is 10.6 Å². The molecule has 0 aromatic carbocycles. The lowest BCUT2D eigenvalue weighted by atomic mass is 10.1. The van der Waals surface area contributed by atoms with Crippen molar-refractivity contribution in [2.75, 3.05) is 27.2 Å². The largest absolute Gasteiger partial charge is 0.406 e. The molecule has 2 aromatic heterocycles. The standard InChI is InChI=1S/C17H18F3N3O2S/c1-11-12(6-7-13(21-11)14-5-4-8-26-14)16(25)23(10-17(18,19)20)9-15(24)22(2)3/h4-8H,9-10H2,1-3H3. The number of pyridine rings is 1. The molecule has 0 radical (unpaired) electrons. The molecule has 0 saturated carbocycles. The maximum absolute atomic E-state index is 12.9. The molecule has 0 aliphatic heterocycles. The second-order valence-corrected chi connectivity index (χ2v) is 6.82. The van der Waals surface area contributed by atoms with E-state index in [2.05, 4.69) is 4.98 Å². The second-order valence-electron chi connectivity index (χ2n) is 5.87. The van der Waals surface area contributed by atoms with E-state index in [-0.39, 0.29) is 5.56 Å². The van der Waals surface area contributed by atoms with Crippen molar-refractivity contribution >= 4 is 23.2 Å². The SMILES string of the molecule is Cc1nc(-c2cccs2)ccc1C(=O)N(CC(=O)N(C)C)CC(F)(F)F. The van der Waals surface area contributed by atoms with Gasteiger partial charge in [0.25, 0.3) is 5.91 Å². The van der Waals surface area contributed by atoms with Crippen molar-refractivity contribution in [1.29, 1.82) is 0 Å². The maximum atomic E-state index is 12.9. The fourth-order valence-electron chi connectivity index (χ4n) is 2.24. The van der Waals surface area contributed by atoms with Gasteiger partial charge in [-0.2, -0.15) is 13.2 Å². The van der Waals surface area contributed by atoms with E-state index in [1.54, 1.807) is 13.0 Å². The fourth-order valence-corrected chi connectivity index (χ4v) is 2.93. The summed E-state index contributed by atoms with van der Waals surface area (Å²) in [7, 11) is 2.84. The van der Waals surface area contributed by atoms with Gasteiger partial charge < -0.3 is 9.80 Å². The van der Waals surface area contributed by atoms with E-state index in [1.165, 1.54) is 31.5 Å². The summed E-state index contributed by atoms with van der Waals surface area (Å²) in [6.45, 7) is -0.598. The van der Waals surface area contributed by atoms with Gasteiger partial charge in [0.1, 0.15) is 13.1 Å². The lowest BCUT2D eigenvalue weighted by molar-refractivity contribution is -0.146. The Bertz CT molecular complexity index is 789. The molecule has 140 valence electrons. The van der Waals surface area contributed by atoms with Gasteiger partial charge in [0.15, 0.2) is 0 Å². The van der Waals surface area contributed by atoms with Crippen molar-refractivity contribution in [2.24, 2.45) is 0 Å². The van der Waals surface area contributed by atoms with Crippen LogP contribution in [0.5, 0.6) is 0 Å². The van der Waals surface area contributed by atoms with E-state index >= 15 is 0 Å². The quantitative estimate of drug-likeness (QED) is 0.794. The first-order valence-corrected chi connectivity index (χ1v) is 8.54. The minimum absolute atomic E-state index is 0.0427. The molecule has 2 heterocycles. The van der Waals surface area contributed by atoms with Crippen LogP contribution in [-0.4, -0.2) is 60.0 Å². The van der Waals surface area contributed by atoms with Crippen LogP contribution in [0.15, 0.2) is 29.6 Å². The molecule has 0 spiro atoms. The van der Waals surface area contributed by atoms with E-state index in [1.807, 2.05) is 17.5 Å². The van der Waals surface area contributed by atoms with Crippen LogP contribution in [0.4, 0.5) is 13.2 Å². The molecular formula is C17H18F3N3O2S. The summed E-state index contributed by atoms with van der Waals surface area (Å²) < 4.78 is 38.6. The normalized spacial score (nSPS) is 11.3. The van der Waals surface area contributed by atoms with Gasteiger partial charge in [0.05, 0.1) is 21.8 Å². The number of rotatable bonds is 5. The van der Waals surface area contributed by atoms with Gasteiger partial charge in [0.2, 0.25) is 5.91 Å². The second kappa shape index (κ2) is 7.86. The van der Waals surface area contributed by atoms with Gasteiger partial charge in [-0.15, -0.1) is 11.3 Å². The Morgan fingerprint density at radius 3 is 2.38 bits per heavy atom. The molecule has 2 rings (SSSR count). The van der Waals surface area contributed by atoms with Gasteiger partial charge in [0, 0.05) is 14.1 Å². The number of aryl methyl sites for hydroxylation is 1. The zero-order chi connectivity index (χ0) is 19.5. The van der Waals surface area contributed by atoms with Crippen LogP contribution < -0.4 is 0 Å². The number of hydrogen-bond acceptors (Lipinski definition) is 4. The third-order valence-corrected chi connectivity index (χ3v) is 4.46. The number of nitrogens with zero attached hydrogens (tertiary/aromatic N) is 3. The molecule has 2 aromatic rings. The van der Waals surface area contributed by atoms with Crippen LogP contribution in [0.1, 0.15) is 16.1 Å². The number of thiophene rings is 1. The average molecular weight is 385 g/mol. The summed E-state index contributed by atoms with van der Waals surface area (Å²) in [5, 5.41) is 1.88. The number of aromatic nitrogens is 1. The Morgan fingerprint density at radius 1 is 1.19 bits per heavy atom. The number of hydrogen-bond donors (Lipinski definition) is 0. The minimum atomic E-state index is -4.61. The Hall–Kier alpha value is -2.42. The first-order valence-electron chi connectivity index (χ1n) is 7.66. The number of alkyl halides is 3. The van der Waals surface area contributed by atoms with E-state index in [9.17, 15) is 22.8 Å². The molecule has 0 aliphatic rings. The molecule has 0 fully saturated rings. The Labute approximate surface area is 153 Å². The van der Waals surface area contributed by atoms with Crippen LogP contribution in [0.2, 0.25) is 0 Å². The number of carbonyl (C=O) groups excluding carboxylic acids is 2. The molecule has 0 bridgehead atoms. The predicted octanol–water partition coefficient (Wildman–Crippen LogP) is 3.21. The average Bonchev–Trinajstić information content (AvgIpc) is 3.06. The lowest BCUT2D eigenvalue weighted by Crippen LogP contribution is -2.45. The monoisotopic (exact) mass is 385 g/mol. The molecule has 0 aliphatic carbocycles.